The molecule has 0 bridgehead atoms. The third-order valence-corrected chi connectivity index (χ3v) is 5.38. The number of thiophene rings is 1. The van der Waals surface area contributed by atoms with Crippen molar-refractivity contribution in [2.75, 3.05) is 0 Å². The molecule has 1 aromatic heterocycles. The number of hydrogen-bond donors (Lipinski definition) is 1. The van der Waals surface area contributed by atoms with E-state index in [1.807, 2.05) is 12.1 Å². The third-order valence-electron chi connectivity index (χ3n) is 4.47. The minimum atomic E-state index is -0.153. The van der Waals surface area contributed by atoms with Gasteiger partial charge in [0.15, 0.2) is 6.23 Å². The molecule has 2 aliphatic heterocycles. The van der Waals surface area contributed by atoms with Gasteiger partial charge in [0.2, 0.25) is 0 Å². The summed E-state index contributed by atoms with van der Waals surface area (Å²) in [6, 6.07) is 23.1. The van der Waals surface area contributed by atoms with E-state index in [0.29, 0.717) is 0 Å². The van der Waals surface area contributed by atoms with Crippen LogP contribution in [-0.2, 0) is 0 Å². The summed E-state index contributed by atoms with van der Waals surface area (Å²) in [5.74, 6) is 0.957. The van der Waals surface area contributed by atoms with E-state index in [9.17, 15) is 0 Å². The Hall–Kier alpha value is -2.56. The van der Waals surface area contributed by atoms with Crippen molar-refractivity contribution in [2.24, 2.45) is 0 Å². The van der Waals surface area contributed by atoms with Crippen LogP contribution in [0.15, 0.2) is 78.2 Å². The van der Waals surface area contributed by atoms with Gasteiger partial charge in [-0.2, -0.15) is 5.01 Å². The number of hydrogen-bond acceptors (Lipinski definition) is 4. The first kappa shape index (κ1) is 13.8. The molecule has 0 radical (unpaired) electrons. The second-order valence-corrected chi connectivity index (χ2v) is 6.89. The van der Waals surface area contributed by atoms with Crippen LogP contribution >= 0.6 is 11.3 Å². The Morgan fingerprint density at radius 2 is 1.75 bits per heavy atom. The Bertz CT molecular complexity index is 889. The van der Waals surface area contributed by atoms with Gasteiger partial charge in [-0.25, -0.2) is 0 Å². The standard InChI is InChI=1S/C20H16N2OS/c1-2-7-14(8-3-1)20-22-17(15-9-4-5-10-18(15)23-20)13-16(21-22)19-11-6-12-24-19/h1-13,17,20-21H. The van der Waals surface area contributed by atoms with E-state index in [1.54, 1.807) is 11.3 Å². The number of para-hydroxylation sites is 1. The van der Waals surface area contributed by atoms with Gasteiger partial charge in [-0.1, -0.05) is 54.6 Å². The van der Waals surface area contributed by atoms with Gasteiger partial charge in [-0.05, 0) is 23.6 Å². The van der Waals surface area contributed by atoms with E-state index < -0.39 is 0 Å². The molecule has 0 fully saturated rings. The Kier molecular flexibility index (Phi) is 3.18. The molecule has 24 heavy (non-hydrogen) atoms. The SMILES string of the molecule is C1=C(c2cccs2)NN2C1c1ccccc1OC2c1ccccc1. The zero-order valence-corrected chi connectivity index (χ0v) is 13.7. The fourth-order valence-electron chi connectivity index (χ4n) is 3.35. The Balaban J connectivity index is 1.61. The van der Waals surface area contributed by atoms with Gasteiger partial charge in [0.1, 0.15) is 5.75 Å². The fraction of sp³-hybridized carbons (Fsp3) is 0.100. The van der Waals surface area contributed by atoms with Crippen molar-refractivity contribution in [2.45, 2.75) is 12.3 Å². The van der Waals surface area contributed by atoms with E-state index in [2.05, 4.69) is 76.5 Å². The van der Waals surface area contributed by atoms with Crippen LogP contribution in [0.1, 0.15) is 28.3 Å². The van der Waals surface area contributed by atoms with E-state index >= 15 is 0 Å². The maximum absolute atomic E-state index is 6.33. The average molecular weight is 332 g/mol. The highest BCUT2D eigenvalue weighted by atomic mass is 32.1. The molecule has 3 aromatic rings. The molecule has 0 spiro atoms. The summed E-state index contributed by atoms with van der Waals surface area (Å²) in [6.45, 7) is 0. The van der Waals surface area contributed by atoms with Crippen molar-refractivity contribution >= 4 is 17.0 Å². The number of benzene rings is 2. The molecule has 2 aromatic carbocycles. The summed E-state index contributed by atoms with van der Waals surface area (Å²) in [6.07, 6.45) is 2.14. The van der Waals surface area contributed by atoms with Gasteiger partial charge in [-0.3, -0.25) is 0 Å². The predicted octanol–water partition coefficient (Wildman–Crippen LogP) is 4.74. The number of nitrogens with one attached hydrogen (secondary N) is 1. The molecule has 2 unspecified atom stereocenters. The topological polar surface area (TPSA) is 24.5 Å². The number of nitrogens with zero attached hydrogens (tertiary/aromatic N) is 1. The van der Waals surface area contributed by atoms with Crippen LogP contribution < -0.4 is 10.2 Å². The molecule has 0 saturated heterocycles. The van der Waals surface area contributed by atoms with E-state index in [0.717, 1.165) is 17.0 Å². The quantitative estimate of drug-likeness (QED) is 0.733. The Morgan fingerprint density at radius 1 is 0.917 bits per heavy atom. The lowest BCUT2D eigenvalue weighted by molar-refractivity contribution is -0.0326. The van der Waals surface area contributed by atoms with Crippen molar-refractivity contribution in [3.8, 4) is 5.75 Å². The molecule has 3 heterocycles. The smallest absolute Gasteiger partial charge is 0.195 e. The van der Waals surface area contributed by atoms with Crippen molar-refractivity contribution in [3.63, 3.8) is 0 Å². The summed E-state index contributed by atoms with van der Waals surface area (Å²) in [7, 11) is 0. The van der Waals surface area contributed by atoms with Gasteiger partial charge in [0, 0.05) is 11.1 Å². The molecular formula is C20H16N2OS. The molecule has 0 saturated carbocycles. The molecule has 5 rings (SSSR count). The molecule has 2 atom stereocenters. The first-order chi connectivity index (χ1) is 11.9. The maximum atomic E-state index is 6.33. The zero-order chi connectivity index (χ0) is 15.9. The molecule has 1 N–H and O–H groups in total. The highest BCUT2D eigenvalue weighted by molar-refractivity contribution is 7.11. The van der Waals surface area contributed by atoms with Crippen LogP contribution in [-0.4, -0.2) is 5.01 Å². The summed E-state index contributed by atoms with van der Waals surface area (Å²) >= 11 is 1.75. The molecule has 0 aliphatic carbocycles. The first-order valence-electron chi connectivity index (χ1n) is 8.01. The number of ether oxygens (including phenoxy) is 1. The second-order valence-electron chi connectivity index (χ2n) is 5.94. The van der Waals surface area contributed by atoms with Crippen LogP contribution in [0.5, 0.6) is 5.75 Å². The highest BCUT2D eigenvalue weighted by Gasteiger charge is 2.39. The van der Waals surface area contributed by atoms with Crippen molar-refractivity contribution in [1.29, 1.82) is 0 Å². The van der Waals surface area contributed by atoms with Crippen LogP contribution in [0.3, 0.4) is 0 Å². The van der Waals surface area contributed by atoms with E-state index in [1.165, 1.54) is 10.4 Å². The fourth-order valence-corrected chi connectivity index (χ4v) is 4.05. The molecule has 3 nitrogen and oxygen atoms in total. The largest absolute Gasteiger partial charge is 0.469 e. The minimum absolute atomic E-state index is 0.153. The van der Waals surface area contributed by atoms with Crippen LogP contribution in [0, 0.1) is 0 Å². The highest BCUT2D eigenvalue weighted by Crippen LogP contribution is 2.46. The van der Waals surface area contributed by atoms with Gasteiger partial charge >= 0.3 is 0 Å². The summed E-state index contributed by atoms with van der Waals surface area (Å²) < 4.78 is 6.33. The van der Waals surface area contributed by atoms with Crippen molar-refractivity contribution < 1.29 is 4.74 Å². The molecule has 0 amide bonds. The average Bonchev–Trinajstić information content (AvgIpc) is 3.31. The van der Waals surface area contributed by atoms with Crippen LogP contribution in [0.2, 0.25) is 0 Å². The Labute approximate surface area is 144 Å². The number of fused-ring (bicyclic) bond motifs is 3. The number of hydrazine groups is 1. The molecule has 2 aliphatic rings. The van der Waals surface area contributed by atoms with Crippen LogP contribution in [0.4, 0.5) is 0 Å². The van der Waals surface area contributed by atoms with Crippen molar-refractivity contribution in [1.82, 2.24) is 10.4 Å². The normalized spacial score (nSPS) is 22.1. The summed E-state index contributed by atoms with van der Waals surface area (Å²) in [5, 5.41) is 4.31. The van der Waals surface area contributed by atoms with Gasteiger partial charge in [0.25, 0.3) is 0 Å². The minimum Gasteiger partial charge on any atom is -0.469 e. The lowest BCUT2D eigenvalue weighted by Gasteiger charge is -2.38. The maximum Gasteiger partial charge on any atom is 0.195 e. The predicted molar refractivity (Wildman–Crippen MR) is 96.3 cm³/mol. The Morgan fingerprint density at radius 3 is 2.58 bits per heavy atom. The summed E-state index contributed by atoms with van der Waals surface area (Å²) in [5.41, 5.74) is 7.06. The zero-order valence-electron chi connectivity index (χ0n) is 12.9. The second kappa shape index (κ2) is 5.51. The molecule has 4 heteroatoms. The molecular weight excluding hydrogens is 316 g/mol. The lowest BCUT2D eigenvalue weighted by atomic mass is 10.0. The number of rotatable bonds is 2. The third kappa shape index (κ3) is 2.15. The van der Waals surface area contributed by atoms with E-state index in [-0.39, 0.29) is 12.3 Å². The summed E-state index contributed by atoms with van der Waals surface area (Å²) in [4.78, 5) is 1.24. The monoisotopic (exact) mass is 332 g/mol. The van der Waals surface area contributed by atoms with E-state index in [4.69, 9.17) is 4.74 Å². The molecule has 118 valence electrons. The van der Waals surface area contributed by atoms with Gasteiger partial charge in [-0.15, -0.1) is 11.3 Å². The van der Waals surface area contributed by atoms with Crippen LogP contribution in [0.25, 0.3) is 5.70 Å². The van der Waals surface area contributed by atoms with Gasteiger partial charge in [0.05, 0.1) is 16.6 Å². The first-order valence-corrected chi connectivity index (χ1v) is 8.89. The van der Waals surface area contributed by atoms with Gasteiger partial charge < -0.3 is 10.2 Å². The van der Waals surface area contributed by atoms with Crippen molar-refractivity contribution in [3.05, 3.63) is 94.2 Å². The lowest BCUT2D eigenvalue weighted by Crippen LogP contribution is -2.42.